The number of benzene rings is 1. The summed E-state index contributed by atoms with van der Waals surface area (Å²) in [4.78, 5) is 38.7. The molecule has 1 aliphatic rings. The highest BCUT2D eigenvalue weighted by atomic mass is 35.5. The minimum absolute atomic E-state index is 0.0543. The number of rotatable bonds is 7. The summed E-state index contributed by atoms with van der Waals surface area (Å²) in [7, 11) is 0. The molecular weight excluding hydrogens is 426 g/mol. The number of fused-ring (bicyclic) bond motifs is 1. The lowest BCUT2D eigenvalue weighted by atomic mass is 10.1. The molecule has 0 aliphatic heterocycles. The number of carbonyl (C=O) groups is 1. The fourth-order valence-electron chi connectivity index (χ4n) is 3.57. The van der Waals surface area contributed by atoms with Crippen molar-refractivity contribution in [1.82, 2.24) is 15.2 Å². The predicted octanol–water partition coefficient (Wildman–Crippen LogP) is 4.79. The van der Waals surface area contributed by atoms with E-state index in [9.17, 15) is 9.59 Å². The molecule has 2 N–H and O–H groups in total. The number of guanidine groups is 1. The van der Waals surface area contributed by atoms with E-state index in [-0.39, 0.29) is 29.4 Å². The Morgan fingerprint density at radius 3 is 2.66 bits per heavy atom. The van der Waals surface area contributed by atoms with Crippen molar-refractivity contribution in [2.45, 2.75) is 59.0 Å². The zero-order valence-corrected chi connectivity index (χ0v) is 19.7. The third-order valence-corrected chi connectivity index (χ3v) is 5.52. The van der Waals surface area contributed by atoms with Gasteiger partial charge < -0.3 is 10.3 Å². The van der Waals surface area contributed by atoms with Crippen molar-refractivity contribution in [1.29, 1.82) is 0 Å². The van der Waals surface area contributed by atoms with Crippen LogP contribution in [0.1, 0.15) is 58.6 Å². The van der Waals surface area contributed by atoms with Gasteiger partial charge in [-0.15, -0.1) is 0 Å². The Balaban J connectivity index is 1.86. The van der Waals surface area contributed by atoms with Crippen molar-refractivity contribution in [3.8, 4) is 0 Å². The number of aromatic amines is 1. The highest BCUT2D eigenvalue weighted by molar-refractivity contribution is 6.31. The van der Waals surface area contributed by atoms with E-state index >= 15 is 0 Å². The molecule has 1 aliphatic carbocycles. The van der Waals surface area contributed by atoms with Crippen LogP contribution < -0.4 is 10.9 Å². The third-order valence-electron chi connectivity index (χ3n) is 5.29. The number of hydrogen-bond acceptors (Lipinski definition) is 3. The Kier molecular flexibility index (Phi) is 7.51. The van der Waals surface area contributed by atoms with Gasteiger partial charge in [0.15, 0.2) is 0 Å². The Hall–Kier alpha value is -2.93. The van der Waals surface area contributed by atoms with E-state index in [4.69, 9.17) is 11.6 Å². The van der Waals surface area contributed by atoms with E-state index < -0.39 is 6.04 Å². The summed E-state index contributed by atoms with van der Waals surface area (Å²) >= 11 is 6.10. The van der Waals surface area contributed by atoms with E-state index in [2.05, 4.69) is 27.0 Å². The fraction of sp³-hybridized carbons (Fsp3) is 0.417. The van der Waals surface area contributed by atoms with Crippen molar-refractivity contribution in [3.05, 3.63) is 57.1 Å². The third kappa shape index (κ3) is 5.65. The van der Waals surface area contributed by atoms with Crippen LogP contribution in [0.25, 0.3) is 10.9 Å². The van der Waals surface area contributed by atoms with Crippen molar-refractivity contribution in [2.75, 3.05) is 0 Å². The molecule has 32 heavy (non-hydrogen) atoms. The van der Waals surface area contributed by atoms with E-state index in [0.717, 1.165) is 18.2 Å². The minimum atomic E-state index is -0.398. The summed E-state index contributed by atoms with van der Waals surface area (Å²) in [5.41, 5.74) is 1.03. The van der Waals surface area contributed by atoms with Gasteiger partial charge in [-0.05, 0) is 69.7 Å². The first-order valence-corrected chi connectivity index (χ1v) is 11.2. The Labute approximate surface area is 193 Å². The van der Waals surface area contributed by atoms with Crippen LogP contribution in [0.15, 0.2) is 50.9 Å². The van der Waals surface area contributed by atoms with Crippen LogP contribution in [0.4, 0.5) is 0 Å². The molecule has 8 heteroatoms. The molecular formula is C24H30ClN5O2. The lowest BCUT2D eigenvalue weighted by Gasteiger charge is -2.24. The van der Waals surface area contributed by atoms with Gasteiger partial charge in [0, 0.05) is 34.0 Å². The second kappa shape index (κ2) is 10.1. The number of H-pyrrole nitrogens is 1. The molecule has 1 aromatic heterocycles. The summed E-state index contributed by atoms with van der Waals surface area (Å²) < 4.78 is 0. The molecule has 0 bridgehead atoms. The van der Waals surface area contributed by atoms with Crippen LogP contribution in [-0.4, -0.2) is 34.5 Å². The zero-order chi connectivity index (χ0) is 23.4. The Morgan fingerprint density at radius 2 is 2.06 bits per heavy atom. The van der Waals surface area contributed by atoms with Gasteiger partial charge in [-0.2, -0.15) is 4.99 Å². The number of nitrogens with zero attached hydrogens (tertiary/aromatic N) is 3. The van der Waals surface area contributed by atoms with Crippen molar-refractivity contribution in [3.63, 3.8) is 0 Å². The number of carbonyl (C=O) groups excluding carboxylic acids is 1. The lowest BCUT2D eigenvalue weighted by molar-refractivity contribution is -0.130. The molecule has 1 amide bonds. The van der Waals surface area contributed by atoms with Gasteiger partial charge in [0.1, 0.15) is 5.82 Å². The van der Waals surface area contributed by atoms with Gasteiger partial charge in [-0.1, -0.05) is 25.4 Å². The van der Waals surface area contributed by atoms with Gasteiger partial charge in [0.2, 0.25) is 11.9 Å². The van der Waals surface area contributed by atoms with Crippen molar-refractivity contribution < 1.29 is 4.79 Å². The van der Waals surface area contributed by atoms with Crippen LogP contribution in [0, 0.1) is 5.92 Å². The largest absolute Gasteiger partial charge is 0.347 e. The van der Waals surface area contributed by atoms with Crippen LogP contribution in [0.5, 0.6) is 0 Å². The normalized spacial score (nSPS) is 15.7. The van der Waals surface area contributed by atoms with Gasteiger partial charge in [-0.25, -0.2) is 4.99 Å². The second-order valence-electron chi connectivity index (χ2n) is 8.48. The maximum absolute atomic E-state index is 12.8. The predicted molar refractivity (Wildman–Crippen MR) is 131 cm³/mol. The van der Waals surface area contributed by atoms with Gasteiger partial charge in [-0.3, -0.25) is 14.5 Å². The van der Waals surface area contributed by atoms with Crippen molar-refractivity contribution in [2.24, 2.45) is 15.9 Å². The van der Waals surface area contributed by atoms with Gasteiger partial charge in [0.05, 0.1) is 6.04 Å². The smallest absolute Gasteiger partial charge is 0.253 e. The number of halogens is 1. The monoisotopic (exact) mass is 455 g/mol. The maximum Gasteiger partial charge on any atom is 0.253 e. The zero-order valence-electron chi connectivity index (χ0n) is 19.0. The molecule has 7 nitrogen and oxygen atoms in total. The molecule has 0 radical (unpaired) electrons. The number of aliphatic imine (C=N–C) groups is 2. The summed E-state index contributed by atoms with van der Waals surface area (Å²) in [6.45, 7) is 11.4. The molecule has 2 aromatic rings. The SMILES string of the molecule is C=N/C(=N\C(=C/C)N(C(=O)CC(C)C)C1CC1)N[C@@H](C)c1cc2cc(Cl)ccc2[nH]c1=O. The Morgan fingerprint density at radius 1 is 1.34 bits per heavy atom. The molecule has 3 rings (SSSR count). The average Bonchev–Trinajstić information content (AvgIpc) is 3.56. The number of hydrogen-bond donors (Lipinski definition) is 2. The molecule has 0 saturated heterocycles. The van der Waals surface area contributed by atoms with Gasteiger partial charge >= 0.3 is 0 Å². The van der Waals surface area contributed by atoms with Crippen LogP contribution >= 0.6 is 11.6 Å². The molecule has 1 aromatic carbocycles. The quantitative estimate of drug-likeness (QED) is 0.464. The van der Waals surface area contributed by atoms with E-state index in [0.29, 0.717) is 28.3 Å². The molecule has 1 atom stereocenters. The highest BCUT2D eigenvalue weighted by Gasteiger charge is 2.35. The lowest BCUT2D eigenvalue weighted by Crippen LogP contribution is -2.34. The summed E-state index contributed by atoms with van der Waals surface area (Å²) in [5, 5.41) is 4.58. The van der Waals surface area contributed by atoms with E-state index in [1.54, 1.807) is 35.2 Å². The molecule has 0 unspecified atom stereocenters. The first-order chi connectivity index (χ1) is 15.2. The van der Waals surface area contributed by atoms with E-state index in [1.807, 2.05) is 27.7 Å². The number of pyridine rings is 1. The Bertz CT molecular complexity index is 1130. The number of aromatic nitrogens is 1. The standard InChI is InChI=1S/C24H30ClN5O2/c1-6-21(30(18-8-9-18)22(31)11-14(2)3)29-24(26-5)27-15(4)19-13-16-12-17(25)7-10-20(16)28-23(19)32/h6-7,10,12-15,18H,5,8-9,11H2,1-4H3,(H,27,29)(H,28,32)/b21-6+/t15-/m0/s1. The number of nitrogens with one attached hydrogen (secondary N) is 2. The summed E-state index contributed by atoms with van der Waals surface area (Å²) in [5.74, 6) is 1.10. The maximum atomic E-state index is 12.8. The first-order valence-electron chi connectivity index (χ1n) is 10.9. The topological polar surface area (TPSA) is 89.9 Å². The fourth-order valence-corrected chi connectivity index (χ4v) is 3.75. The van der Waals surface area contributed by atoms with Crippen molar-refractivity contribution >= 4 is 41.1 Å². The molecule has 170 valence electrons. The van der Waals surface area contributed by atoms with Crippen LogP contribution in [0.2, 0.25) is 5.02 Å². The first kappa shape index (κ1) is 23.7. The molecule has 1 saturated carbocycles. The second-order valence-corrected chi connectivity index (χ2v) is 8.92. The number of amides is 1. The van der Waals surface area contributed by atoms with Gasteiger partial charge in [0.25, 0.3) is 5.56 Å². The summed E-state index contributed by atoms with van der Waals surface area (Å²) in [6.07, 6.45) is 4.19. The van der Waals surface area contributed by atoms with Crippen LogP contribution in [0.3, 0.4) is 0 Å². The highest BCUT2D eigenvalue weighted by Crippen LogP contribution is 2.32. The van der Waals surface area contributed by atoms with Crippen LogP contribution in [-0.2, 0) is 4.79 Å². The number of allylic oxidation sites excluding steroid dienone is 1. The van der Waals surface area contributed by atoms with E-state index in [1.165, 1.54) is 0 Å². The average molecular weight is 456 g/mol. The molecule has 1 fully saturated rings. The molecule has 0 spiro atoms. The minimum Gasteiger partial charge on any atom is -0.347 e. The summed E-state index contributed by atoms with van der Waals surface area (Å²) in [6, 6.07) is 6.89. The molecule has 1 heterocycles.